The van der Waals surface area contributed by atoms with Crippen molar-refractivity contribution in [2.75, 3.05) is 5.73 Å². The number of nitrogen functional groups attached to an aromatic ring is 1. The highest BCUT2D eigenvalue weighted by atomic mass is 15.1. The predicted octanol–water partition coefficient (Wildman–Crippen LogP) is 3.32. The number of nitrogens with zero attached hydrogens (tertiary/aromatic N) is 1. The van der Waals surface area contributed by atoms with Gasteiger partial charge in [-0.2, -0.15) is 5.10 Å². The van der Waals surface area contributed by atoms with Crippen LogP contribution in [0, 0.1) is 0 Å². The Morgan fingerprint density at radius 1 is 1.12 bits per heavy atom. The van der Waals surface area contributed by atoms with Crippen LogP contribution in [-0.4, -0.2) is 10.2 Å². The molecule has 1 fully saturated rings. The zero-order chi connectivity index (χ0) is 11.7. The molecule has 3 heteroatoms. The number of benzene rings is 1. The summed E-state index contributed by atoms with van der Waals surface area (Å²) in [4.78, 5) is 0. The van der Waals surface area contributed by atoms with Gasteiger partial charge in [0.05, 0.1) is 6.20 Å². The molecule has 0 atom stereocenters. The molecule has 3 rings (SSSR count). The van der Waals surface area contributed by atoms with Crippen molar-refractivity contribution in [3.8, 4) is 11.1 Å². The zero-order valence-corrected chi connectivity index (χ0v) is 9.82. The van der Waals surface area contributed by atoms with Gasteiger partial charge in [0.15, 0.2) is 0 Å². The summed E-state index contributed by atoms with van der Waals surface area (Å²) in [7, 11) is 0. The van der Waals surface area contributed by atoms with Gasteiger partial charge in [0, 0.05) is 5.56 Å². The maximum Gasteiger partial charge on any atom is 0.126 e. The number of H-pyrrole nitrogens is 1. The number of nitrogens with two attached hydrogens (primary N) is 1. The van der Waals surface area contributed by atoms with Crippen molar-refractivity contribution in [1.29, 1.82) is 0 Å². The van der Waals surface area contributed by atoms with Crippen LogP contribution in [0.3, 0.4) is 0 Å². The van der Waals surface area contributed by atoms with Gasteiger partial charge in [0.25, 0.3) is 0 Å². The Morgan fingerprint density at radius 3 is 2.41 bits per heavy atom. The van der Waals surface area contributed by atoms with E-state index in [4.69, 9.17) is 5.73 Å². The second-order valence-corrected chi connectivity index (χ2v) is 4.80. The van der Waals surface area contributed by atoms with E-state index in [1.165, 1.54) is 31.2 Å². The predicted molar refractivity (Wildman–Crippen MR) is 69.6 cm³/mol. The monoisotopic (exact) mass is 227 g/mol. The molecule has 1 aromatic carbocycles. The summed E-state index contributed by atoms with van der Waals surface area (Å²) >= 11 is 0. The van der Waals surface area contributed by atoms with Crippen LogP contribution in [0.15, 0.2) is 30.5 Å². The van der Waals surface area contributed by atoms with E-state index in [9.17, 15) is 0 Å². The van der Waals surface area contributed by atoms with Crippen molar-refractivity contribution in [3.05, 3.63) is 36.0 Å². The van der Waals surface area contributed by atoms with Gasteiger partial charge in [0.2, 0.25) is 0 Å². The Morgan fingerprint density at radius 2 is 1.82 bits per heavy atom. The number of aromatic amines is 1. The van der Waals surface area contributed by atoms with Crippen molar-refractivity contribution in [1.82, 2.24) is 10.2 Å². The normalized spacial score (nSPS) is 16.5. The summed E-state index contributed by atoms with van der Waals surface area (Å²) < 4.78 is 0. The molecule has 0 unspecified atom stereocenters. The number of anilines is 1. The second-order valence-electron chi connectivity index (χ2n) is 4.80. The van der Waals surface area contributed by atoms with Crippen molar-refractivity contribution in [2.24, 2.45) is 0 Å². The quantitative estimate of drug-likeness (QED) is 0.827. The van der Waals surface area contributed by atoms with Crippen molar-refractivity contribution >= 4 is 5.82 Å². The molecule has 2 aromatic rings. The van der Waals surface area contributed by atoms with E-state index >= 15 is 0 Å². The number of hydrogen-bond donors (Lipinski definition) is 2. The molecule has 1 saturated carbocycles. The van der Waals surface area contributed by atoms with Gasteiger partial charge >= 0.3 is 0 Å². The molecule has 1 aliphatic rings. The third-order valence-electron chi connectivity index (χ3n) is 3.72. The first-order valence-corrected chi connectivity index (χ1v) is 6.24. The van der Waals surface area contributed by atoms with Gasteiger partial charge in [-0.05, 0) is 29.9 Å². The lowest BCUT2D eigenvalue weighted by molar-refractivity contribution is 0.723. The molecule has 0 radical (unpaired) electrons. The maximum absolute atomic E-state index is 5.81. The lowest BCUT2D eigenvalue weighted by Gasteiger charge is -2.09. The fraction of sp³-hybridized carbons (Fsp3) is 0.357. The van der Waals surface area contributed by atoms with Crippen LogP contribution >= 0.6 is 0 Å². The molecule has 0 aliphatic heterocycles. The zero-order valence-electron chi connectivity index (χ0n) is 9.82. The first kappa shape index (κ1) is 10.4. The molecule has 0 saturated heterocycles. The van der Waals surface area contributed by atoms with Gasteiger partial charge in [0.1, 0.15) is 5.82 Å². The van der Waals surface area contributed by atoms with E-state index in [0.717, 1.165) is 17.0 Å². The fourth-order valence-electron chi connectivity index (χ4n) is 2.72. The van der Waals surface area contributed by atoms with Gasteiger partial charge in [-0.15, -0.1) is 0 Å². The Kier molecular flexibility index (Phi) is 2.59. The van der Waals surface area contributed by atoms with Crippen LogP contribution < -0.4 is 5.73 Å². The van der Waals surface area contributed by atoms with E-state index in [1.807, 2.05) is 0 Å². The molecule has 1 aromatic heterocycles. The highest BCUT2D eigenvalue weighted by Gasteiger charge is 2.16. The Bertz CT molecular complexity index is 492. The van der Waals surface area contributed by atoms with Gasteiger partial charge in [-0.1, -0.05) is 37.1 Å². The van der Waals surface area contributed by atoms with Crippen molar-refractivity contribution < 1.29 is 0 Å². The van der Waals surface area contributed by atoms with Crippen molar-refractivity contribution in [2.45, 2.75) is 31.6 Å². The molecule has 0 spiro atoms. The summed E-state index contributed by atoms with van der Waals surface area (Å²) in [6, 6.07) is 8.76. The fourth-order valence-corrected chi connectivity index (χ4v) is 2.72. The van der Waals surface area contributed by atoms with Crippen LogP contribution in [0.4, 0.5) is 5.82 Å². The molecular formula is C14H17N3. The van der Waals surface area contributed by atoms with Crippen LogP contribution in [0.1, 0.15) is 37.2 Å². The molecule has 0 bridgehead atoms. The topological polar surface area (TPSA) is 54.7 Å². The standard InChI is InChI=1S/C14H17N3/c15-14-13(9-16-17-14)12-7-5-11(6-8-12)10-3-1-2-4-10/h5-10H,1-4H2,(H3,15,16,17). The Hall–Kier alpha value is -1.77. The molecule has 17 heavy (non-hydrogen) atoms. The van der Waals surface area contributed by atoms with E-state index in [1.54, 1.807) is 6.20 Å². The number of aromatic nitrogens is 2. The summed E-state index contributed by atoms with van der Waals surface area (Å²) in [5, 5.41) is 6.71. The lowest BCUT2D eigenvalue weighted by atomic mass is 9.96. The van der Waals surface area contributed by atoms with Crippen LogP contribution in [-0.2, 0) is 0 Å². The van der Waals surface area contributed by atoms with Crippen LogP contribution in [0.25, 0.3) is 11.1 Å². The third-order valence-corrected chi connectivity index (χ3v) is 3.72. The number of hydrogen-bond acceptors (Lipinski definition) is 2. The molecule has 1 aliphatic carbocycles. The summed E-state index contributed by atoms with van der Waals surface area (Å²) in [6.45, 7) is 0. The third kappa shape index (κ3) is 1.93. The highest BCUT2D eigenvalue weighted by molar-refractivity contribution is 5.73. The molecule has 3 N–H and O–H groups in total. The number of rotatable bonds is 2. The molecule has 88 valence electrons. The first-order chi connectivity index (χ1) is 8.34. The molecular weight excluding hydrogens is 210 g/mol. The average molecular weight is 227 g/mol. The molecule has 0 amide bonds. The minimum atomic E-state index is 0.638. The largest absolute Gasteiger partial charge is 0.384 e. The van der Waals surface area contributed by atoms with Gasteiger partial charge in [-0.25, -0.2) is 0 Å². The van der Waals surface area contributed by atoms with E-state index in [0.29, 0.717) is 5.82 Å². The maximum atomic E-state index is 5.81. The van der Waals surface area contributed by atoms with Crippen LogP contribution in [0.5, 0.6) is 0 Å². The van der Waals surface area contributed by atoms with Gasteiger partial charge < -0.3 is 5.73 Å². The van der Waals surface area contributed by atoms with Crippen LogP contribution in [0.2, 0.25) is 0 Å². The highest BCUT2D eigenvalue weighted by Crippen LogP contribution is 2.35. The average Bonchev–Trinajstić information content (AvgIpc) is 3.00. The minimum absolute atomic E-state index is 0.638. The Labute approximate surface area is 101 Å². The second kappa shape index (κ2) is 4.24. The van der Waals surface area contributed by atoms with E-state index in [-0.39, 0.29) is 0 Å². The smallest absolute Gasteiger partial charge is 0.126 e. The minimum Gasteiger partial charge on any atom is -0.384 e. The summed E-state index contributed by atoms with van der Waals surface area (Å²) in [6.07, 6.45) is 7.21. The van der Waals surface area contributed by atoms with Gasteiger partial charge in [-0.3, -0.25) is 5.10 Å². The molecule has 3 nitrogen and oxygen atoms in total. The lowest BCUT2D eigenvalue weighted by Crippen LogP contribution is -1.92. The summed E-state index contributed by atoms with van der Waals surface area (Å²) in [5.74, 6) is 1.41. The SMILES string of the molecule is Nc1[nH]ncc1-c1ccc(C2CCCC2)cc1. The summed E-state index contributed by atoms with van der Waals surface area (Å²) in [5.41, 5.74) is 9.41. The Balaban J connectivity index is 1.87. The molecule has 1 heterocycles. The van der Waals surface area contributed by atoms with E-state index in [2.05, 4.69) is 34.5 Å². The van der Waals surface area contributed by atoms with E-state index < -0.39 is 0 Å². The van der Waals surface area contributed by atoms with Crippen molar-refractivity contribution in [3.63, 3.8) is 0 Å². The first-order valence-electron chi connectivity index (χ1n) is 6.24. The number of nitrogens with one attached hydrogen (secondary N) is 1.